The molecule has 0 aliphatic heterocycles. The SMILES string of the molecule is C/C=C1\C(=C/C)c2cccc(-c3ccc4oc5cccc(-c6nc(-c7cccc8c7sc7ccccc78)nc(-c7cccc8sc9ccccc9c78)n6)c5c4c3)c2C1(C)C.CC. The molecule has 0 spiro atoms. The molecule has 300 valence electrons. The van der Waals surface area contributed by atoms with E-state index in [0.717, 1.165) is 48.9 Å². The van der Waals surface area contributed by atoms with E-state index in [4.69, 9.17) is 19.4 Å². The molecule has 11 aromatic rings. The van der Waals surface area contributed by atoms with E-state index in [1.54, 1.807) is 22.7 Å². The zero-order valence-corrected chi connectivity index (χ0v) is 37.1. The monoisotopic (exact) mass is 837 g/mol. The average molecular weight is 838 g/mol. The first-order valence-electron chi connectivity index (χ1n) is 21.4. The van der Waals surface area contributed by atoms with Crippen molar-refractivity contribution in [1.82, 2.24) is 15.0 Å². The lowest BCUT2D eigenvalue weighted by molar-refractivity contribution is 0.661. The summed E-state index contributed by atoms with van der Waals surface area (Å²) in [6.07, 6.45) is 4.53. The van der Waals surface area contributed by atoms with Crippen LogP contribution in [0.3, 0.4) is 0 Å². The summed E-state index contributed by atoms with van der Waals surface area (Å²) >= 11 is 3.59. The number of hydrogen-bond donors (Lipinski definition) is 0. The topological polar surface area (TPSA) is 51.8 Å². The molecule has 0 unspecified atom stereocenters. The minimum Gasteiger partial charge on any atom is -0.456 e. The first kappa shape index (κ1) is 38.2. The number of allylic oxidation sites excluding steroid dienone is 4. The molecule has 0 N–H and O–H groups in total. The number of hydrogen-bond acceptors (Lipinski definition) is 6. The van der Waals surface area contributed by atoms with Gasteiger partial charge < -0.3 is 4.42 Å². The maximum Gasteiger partial charge on any atom is 0.165 e. The van der Waals surface area contributed by atoms with Gasteiger partial charge in [-0.1, -0.05) is 137 Å². The first-order chi connectivity index (χ1) is 30.4. The Morgan fingerprint density at radius 2 is 1.06 bits per heavy atom. The highest BCUT2D eigenvalue weighted by Crippen LogP contribution is 2.53. The Bertz CT molecular complexity index is 3670. The van der Waals surface area contributed by atoms with Crippen LogP contribution >= 0.6 is 22.7 Å². The lowest BCUT2D eigenvalue weighted by Gasteiger charge is -2.24. The number of benzene rings is 7. The van der Waals surface area contributed by atoms with E-state index in [1.165, 1.54) is 63.5 Å². The van der Waals surface area contributed by atoms with Gasteiger partial charge in [0.1, 0.15) is 11.2 Å². The van der Waals surface area contributed by atoms with Crippen molar-refractivity contribution in [3.8, 4) is 45.3 Å². The van der Waals surface area contributed by atoms with Crippen molar-refractivity contribution in [2.75, 3.05) is 0 Å². The van der Waals surface area contributed by atoms with Crippen LogP contribution in [0.2, 0.25) is 0 Å². The van der Waals surface area contributed by atoms with E-state index in [0.29, 0.717) is 17.5 Å². The van der Waals surface area contributed by atoms with Gasteiger partial charge in [-0.3, -0.25) is 0 Å². The highest BCUT2D eigenvalue weighted by Gasteiger charge is 2.39. The van der Waals surface area contributed by atoms with Crippen molar-refractivity contribution in [2.45, 2.75) is 47.0 Å². The maximum atomic E-state index is 6.64. The minimum atomic E-state index is -0.146. The Balaban J connectivity index is 0.00000213. The van der Waals surface area contributed by atoms with Crippen LogP contribution in [0.1, 0.15) is 52.7 Å². The fourth-order valence-corrected chi connectivity index (χ4v) is 12.3. The zero-order chi connectivity index (χ0) is 42.3. The predicted molar refractivity (Wildman–Crippen MR) is 266 cm³/mol. The van der Waals surface area contributed by atoms with E-state index in [-0.39, 0.29) is 5.41 Å². The second-order valence-electron chi connectivity index (χ2n) is 16.1. The molecule has 4 nitrogen and oxygen atoms in total. The molecule has 0 atom stereocenters. The number of nitrogens with zero attached hydrogens (tertiary/aromatic N) is 3. The number of fused-ring (bicyclic) bond motifs is 10. The van der Waals surface area contributed by atoms with E-state index in [1.807, 2.05) is 19.9 Å². The van der Waals surface area contributed by atoms with Crippen molar-refractivity contribution in [1.29, 1.82) is 0 Å². The number of thiophene rings is 2. The van der Waals surface area contributed by atoms with Gasteiger partial charge in [0.2, 0.25) is 0 Å². The van der Waals surface area contributed by atoms with Gasteiger partial charge in [-0.15, -0.1) is 22.7 Å². The smallest absolute Gasteiger partial charge is 0.165 e. The largest absolute Gasteiger partial charge is 0.456 e. The van der Waals surface area contributed by atoms with Crippen molar-refractivity contribution in [2.24, 2.45) is 0 Å². The van der Waals surface area contributed by atoms with Gasteiger partial charge in [0, 0.05) is 73.2 Å². The summed E-state index contributed by atoms with van der Waals surface area (Å²) in [5.41, 5.74) is 12.1. The van der Waals surface area contributed by atoms with Crippen LogP contribution in [-0.2, 0) is 5.41 Å². The van der Waals surface area contributed by atoms with Gasteiger partial charge in [0.25, 0.3) is 0 Å². The fourth-order valence-electron chi connectivity index (χ4n) is 9.94. The Kier molecular flexibility index (Phi) is 9.07. The summed E-state index contributed by atoms with van der Waals surface area (Å²) in [6, 6.07) is 49.8. The average Bonchev–Trinajstić information content (AvgIpc) is 4.06. The quantitative estimate of drug-likeness (QED) is 0.177. The summed E-state index contributed by atoms with van der Waals surface area (Å²) in [5.74, 6) is 1.91. The summed E-state index contributed by atoms with van der Waals surface area (Å²) in [4.78, 5) is 16.2. The third kappa shape index (κ3) is 5.67. The summed E-state index contributed by atoms with van der Waals surface area (Å²) in [5, 5.41) is 6.84. The third-order valence-electron chi connectivity index (χ3n) is 12.5. The van der Waals surface area contributed by atoms with E-state index < -0.39 is 0 Å². The molecule has 1 aliphatic carbocycles. The summed E-state index contributed by atoms with van der Waals surface area (Å²) in [6.45, 7) is 13.0. The molecule has 0 radical (unpaired) electrons. The predicted octanol–water partition coefficient (Wildman–Crippen LogP) is 16.8. The van der Waals surface area contributed by atoms with Crippen LogP contribution in [0.4, 0.5) is 0 Å². The lowest BCUT2D eigenvalue weighted by Crippen LogP contribution is -2.16. The molecule has 62 heavy (non-hydrogen) atoms. The van der Waals surface area contributed by atoms with Crippen LogP contribution in [0.25, 0.3) is 113 Å². The van der Waals surface area contributed by atoms with Gasteiger partial charge >= 0.3 is 0 Å². The summed E-state index contributed by atoms with van der Waals surface area (Å²) < 4.78 is 11.5. The Morgan fingerprint density at radius 1 is 0.484 bits per heavy atom. The minimum absolute atomic E-state index is 0.146. The van der Waals surface area contributed by atoms with Crippen molar-refractivity contribution in [3.63, 3.8) is 0 Å². The molecule has 6 heteroatoms. The Hall–Kier alpha value is -6.73. The highest BCUT2D eigenvalue weighted by molar-refractivity contribution is 7.26. The van der Waals surface area contributed by atoms with Crippen LogP contribution < -0.4 is 0 Å². The van der Waals surface area contributed by atoms with E-state index in [2.05, 4.69) is 173 Å². The van der Waals surface area contributed by atoms with Crippen molar-refractivity contribution >= 4 is 90.5 Å². The summed E-state index contributed by atoms with van der Waals surface area (Å²) in [7, 11) is 0. The molecule has 0 saturated carbocycles. The number of furan rings is 1. The fraction of sp³-hybridized carbons (Fsp3) is 0.125. The molecular formula is C56H43N3OS2. The zero-order valence-electron chi connectivity index (χ0n) is 35.5. The van der Waals surface area contributed by atoms with Gasteiger partial charge in [-0.05, 0) is 89.7 Å². The number of rotatable bonds is 4. The van der Waals surface area contributed by atoms with Gasteiger partial charge in [0.05, 0.1) is 0 Å². The highest BCUT2D eigenvalue weighted by atomic mass is 32.1. The second-order valence-corrected chi connectivity index (χ2v) is 18.2. The molecule has 12 rings (SSSR count). The standard InChI is InChI=1S/C54H37N3OS2.C2H6/c1-5-31-34-18-11-17-32(49(34)54(3,4)41(31)6-2)30-27-28-42-40(29-30)47-37(20-13-23-43(47)58-42)51-55-52(38-21-14-26-46-48(38)36-16-8-10-25-45(36)59-46)57-53(56-51)39-22-12-19-35-33-15-7-9-24-44(33)60-50(35)39;1-2/h5-29H,1-4H3;1-2H3/b31-5-,41-6+;. The van der Waals surface area contributed by atoms with E-state index >= 15 is 0 Å². The molecule has 0 amide bonds. The van der Waals surface area contributed by atoms with Crippen LogP contribution in [-0.4, -0.2) is 15.0 Å². The van der Waals surface area contributed by atoms with Gasteiger partial charge in [0.15, 0.2) is 17.5 Å². The molecule has 0 bridgehead atoms. The third-order valence-corrected chi connectivity index (χ3v) is 14.8. The second kappa shape index (κ2) is 14.7. The molecule has 1 aliphatic rings. The Labute approximate surface area is 368 Å². The molecule has 7 aromatic carbocycles. The van der Waals surface area contributed by atoms with Crippen molar-refractivity contribution in [3.05, 3.63) is 168 Å². The molecule has 0 saturated heterocycles. The Morgan fingerprint density at radius 3 is 1.82 bits per heavy atom. The first-order valence-corrected chi connectivity index (χ1v) is 23.1. The van der Waals surface area contributed by atoms with E-state index in [9.17, 15) is 0 Å². The van der Waals surface area contributed by atoms with Crippen molar-refractivity contribution < 1.29 is 4.42 Å². The molecule has 4 aromatic heterocycles. The van der Waals surface area contributed by atoms with Gasteiger partial charge in [-0.25, -0.2) is 15.0 Å². The van der Waals surface area contributed by atoms with Crippen LogP contribution in [0.15, 0.2) is 162 Å². The molecule has 0 fully saturated rings. The lowest BCUT2D eigenvalue weighted by atomic mass is 9.78. The molecule has 4 heterocycles. The van der Waals surface area contributed by atoms with Crippen LogP contribution in [0, 0.1) is 0 Å². The van der Waals surface area contributed by atoms with Crippen LogP contribution in [0.5, 0.6) is 0 Å². The van der Waals surface area contributed by atoms with Gasteiger partial charge in [-0.2, -0.15) is 0 Å². The normalized spacial score (nSPS) is 14.8. The maximum absolute atomic E-state index is 6.64. The molecular weight excluding hydrogens is 795 g/mol. The number of aromatic nitrogens is 3.